The minimum atomic E-state index is -0.411. The minimum absolute atomic E-state index is 0.00696. The zero-order valence-electron chi connectivity index (χ0n) is 13.8. The van der Waals surface area contributed by atoms with Gasteiger partial charge in [0.25, 0.3) is 0 Å². The molecule has 0 aromatic heterocycles. The van der Waals surface area contributed by atoms with E-state index in [-0.39, 0.29) is 29.2 Å². The van der Waals surface area contributed by atoms with Gasteiger partial charge in [0.1, 0.15) is 12.1 Å². The summed E-state index contributed by atoms with van der Waals surface area (Å²) in [6, 6.07) is -0.733. The third-order valence-corrected chi connectivity index (χ3v) is 5.72. The Balaban J connectivity index is 2.23. The van der Waals surface area contributed by atoms with Gasteiger partial charge in [-0.25, -0.2) is 0 Å². The van der Waals surface area contributed by atoms with E-state index in [1.165, 1.54) is 12.2 Å². The lowest BCUT2D eigenvalue weighted by atomic mass is 9.82. The number of amides is 2. The standard InChI is InChI=1S/C16H28N2O2S/c1-10(2)12-14(19)17-13(16(3,4)5)15(20)18(12)9-11-7-6-8-21-11/h10-13H,6-9H2,1-5H3,(H,17,19). The normalized spacial score (nSPS) is 31.0. The monoisotopic (exact) mass is 312 g/mol. The molecule has 4 nitrogen and oxygen atoms in total. The summed E-state index contributed by atoms with van der Waals surface area (Å²) in [5.74, 6) is 1.41. The van der Waals surface area contributed by atoms with Gasteiger partial charge in [0.2, 0.25) is 11.8 Å². The molecule has 2 aliphatic heterocycles. The summed E-state index contributed by atoms with van der Waals surface area (Å²) in [5.41, 5.74) is -0.254. The van der Waals surface area contributed by atoms with E-state index in [9.17, 15) is 9.59 Å². The number of piperazine rings is 1. The van der Waals surface area contributed by atoms with Gasteiger partial charge in [-0.15, -0.1) is 0 Å². The van der Waals surface area contributed by atoms with Crippen LogP contribution in [0.5, 0.6) is 0 Å². The van der Waals surface area contributed by atoms with E-state index in [4.69, 9.17) is 0 Å². The lowest BCUT2D eigenvalue weighted by Crippen LogP contribution is -2.68. The number of hydrogen-bond donors (Lipinski definition) is 1. The topological polar surface area (TPSA) is 49.4 Å². The van der Waals surface area contributed by atoms with Crippen molar-refractivity contribution < 1.29 is 9.59 Å². The second-order valence-electron chi connectivity index (χ2n) is 7.62. The van der Waals surface area contributed by atoms with Crippen molar-refractivity contribution in [2.24, 2.45) is 11.3 Å². The molecule has 2 heterocycles. The van der Waals surface area contributed by atoms with Crippen LogP contribution in [0.25, 0.3) is 0 Å². The molecule has 0 radical (unpaired) electrons. The van der Waals surface area contributed by atoms with Crippen molar-refractivity contribution in [1.82, 2.24) is 10.2 Å². The van der Waals surface area contributed by atoms with Crippen LogP contribution in [0, 0.1) is 11.3 Å². The molecule has 0 aromatic rings. The average Bonchev–Trinajstić information content (AvgIpc) is 2.84. The maximum atomic E-state index is 12.9. The first-order valence-corrected chi connectivity index (χ1v) is 8.99. The molecule has 2 fully saturated rings. The first-order valence-electron chi connectivity index (χ1n) is 7.94. The molecule has 0 bridgehead atoms. The Labute approximate surface area is 132 Å². The molecular weight excluding hydrogens is 284 g/mol. The fraction of sp³-hybridized carbons (Fsp3) is 0.875. The molecule has 0 saturated carbocycles. The highest BCUT2D eigenvalue weighted by molar-refractivity contribution is 8.00. The number of carbonyl (C=O) groups excluding carboxylic acids is 2. The van der Waals surface area contributed by atoms with Crippen molar-refractivity contribution in [3.63, 3.8) is 0 Å². The summed E-state index contributed by atoms with van der Waals surface area (Å²) < 4.78 is 0. The molecule has 21 heavy (non-hydrogen) atoms. The van der Waals surface area contributed by atoms with Gasteiger partial charge in [0, 0.05) is 11.8 Å². The van der Waals surface area contributed by atoms with Gasteiger partial charge >= 0.3 is 0 Å². The predicted molar refractivity (Wildman–Crippen MR) is 87.2 cm³/mol. The predicted octanol–water partition coefficient (Wildman–Crippen LogP) is 2.28. The van der Waals surface area contributed by atoms with Gasteiger partial charge in [-0.2, -0.15) is 11.8 Å². The number of nitrogens with zero attached hydrogens (tertiary/aromatic N) is 1. The Kier molecular flexibility index (Phi) is 4.91. The summed E-state index contributed by atoms with van der Waals surface area (Å²) in [5, 5.41) is 3.44. The highest BCUT2D eigenvalue weighted by Crippen LogP contribution is 2.31. The number of nitrogens with one attached hydrogen (secondary N) is 1. The molecule has 0 aromatic carbocycles. The van der Waals surface area contributed by atoms with Crippen molar-refractivity contribution >= 4 is 23.6 Å². The van der Waals surface area contributed by atoms with E-state index in [1.54, 1.807) is 0 Å². The molecule has 5 heteroatoms. The molecule has 2 rings (SSSR count). The SMILES string of the molecule is CC(C)C1C(=O)NC(C(C)(C)C)C(=O)N1CC1CCCS1. The maximum absolute atomic E-state index is 12.9. The third-order valence-electron chi connectivity index (χ3n) is 4.34. The van der Waals surface area contributed by atoms with Crippen molar-refractivity contribution in [1.29, 1.82) is 0 Å². The van der Waals surface area contributed by atoms with Crippen molar-refractivity contribution in [2.75, 3.05) is 12.3 Å². The highest BCUT2D eigenvalue weighted by atomic mass is 32.2. The van der Waals surface area contributed by atoms with Crippen LogP contribution in [0.4, 0.5) is 0 Å². The molecule has 2 aliphatic rings. The van der Waals surface area contributed by atoms with Gasteiger partial charge in [-0.3, -0.25) is 9.59 Å². The van der Waals surface area contributed by atoms with Crippen molar-refractivity contribution in [3.05, 3.63) is 0 Å². The van der Waals surface area contributed by atoms with Crippen LogP contribution < -0.4 is 5.32 Å². The number of carbonyl (C=O) groups is 2. The Morgan fingerprint density at radius 3 is 2.48 bits per heavy atom. The zero-order chi connectivity index (χ0) is 15.8. The van der Waals surface area contributed by atoms with E-state index >= 15 is 0 Å². The Hall–Kier alpha value is -0.710. The summed E-state index contributed by atoms with van der Waals surface area (Å²) in [4.78, 5) is 27.3. The second kappa shape index (κ2) is 6.19. The van der Waals surface area contributed by atoms with Gasteiger partial charge in [0.05, 0.1) is 0 Å². The molecule has 2 saturated heterocycles. The van der Waals surface area contributed by atoms with E-state index in [2.05, 4.69) is 5.32 Å². The Morgan fingerprint density at radius 2 is 2.00 bits per heavy atom. The van der Waals surface area contributed by atoms with Gasteiger partial charge < -0.3 is 10.2 Å². The fourth-order valence-electron chi connectivity index (χ4n) is 3.19. The molecule has 1 N–H and O–H groups in total. The van der Waals surface area contributed by atoms with Crippen LogP contribution in [-0.4, -0.2) is 46.3 Å². The number of hydrogen-bond acceptors (Lipinski definition) is 3. The summed E-state index contributed by atoms with van der Waals surface area (Å²) >= 11 is 1.94. The minimum Gasteiger partial charge on any atom is -0.342 e. The van der Waals surface area contributed by atoms with Crippen LogP contribution in [0.1, 0.15) is 47.5 Å². The fourth-order valence-corrected chi connectivity index (χ4v) is 4.46. The molecule has 120 valence electrons. The number of thioether (sulfide) groups is 1. The molecule has 3 atom stereocenters. The third kappa shape index (κ3) is 3.55. The van der Waals surface area contributed by atoms with E-state index in [0.29, 0.717) is 11.8 Å². The van der Waals surface area contributed by atoms with Crippen LogP contribution in [0.2, 0.25) is 0 Å². The quantitative estimate of drug-likeness (QED) is 0.870. The van der Waals surface area contributed by atoms with Crippen LogP contribution >= 0.6 is 11.8 Å². The number of rotatable bonds is 3. The van der Waals surface area contributed by atoms with E-state index in [0.717, 1.165) is 6.42 Å². The van der Waals surface area contributed by atoms with E-state index < -0.39 is 6.04 Å². The molecule has 0 spiro atoms. The molecule has 0 aliphatic carbocycles. The summed E-state index contributed by atoms with van der Waals surface area (Å²) in [7, 11) is 0. The second-order valence-corrected chi connectivity index (χ2v) is 9.03. The lowest BCUT2D eigenvalue weighted by Gasteiger charge is -2.45. The Morgan fingerprint density at radius 1 is 1.33 bits per heavy atom. The molecular formula is C16H28N2O2S. The van der Waals surface area contributed by atoms with Crippen molar-refractivity contribution in [3.8, 4) is 0 Å². The van der Waals surface area contributed by atoms with Crippen molar-refractivity contribution in [2.45, 2.75) is 64.8 Å². The van der Waals surface area contributed by atoms with E-state index in [1.807, 2.05) is 51.3 Å². The summed E-state index contributed by atoms with van der Waals surface area (Å²) in [6.07, 6.45) is 2.37. The first kappa shape index (κ1) is 16.7. The Bertz CT molecular complexity index is 411. The summed E-state index contributed by atoms with van der Waals surface area (Å²) in [6.45, 7) is 10.8. The van der Waals surface area contributed by atoms with Gasteiger partial charge in [-0.05, 0) is 29.9 Å². The maximum Gasteiger partial charge on any atom is 0.246 e. The largest absolute Gasteiger partial charge is 0.342 e. The van der Waals surface area contributed by atoms with Gasteiger partial charge in [0.15, 0.2) is 0 Å². The van der Waals surface area contributed by atoms with Crippen LogP contribution in [0.15, 0.2) is 0 Å². The molecule has 2 amide bonds. The van der Waals surface area contributed by atoms with Crippen LogP contribution in [0.3, 0.4) is 0 Å². The smallest absolute Gasteiger partial charge is 0.246 e. The average molecular weight is 312 g/mol. The lowest BCUT2D eigenvalue weighted by molar-refractivity contribution is -0.154. The highest BCUT2D eigenvalue weighted by Gasteiger charge is 2.46. The van der Waals surface area contributed by atoms with Gasteiger partial charge in [-0.1, -0.05) is 34.6 Å². The first-order chi connectivity index (χ1) is 9.71. The zero-order valence-corrected chi connectivity index (χ0v) is 14.6. The van der Waals surface area contributed by atoms with Crippen LogP contribution in [-0.2, 0) is 9.59 Å². The molecule has 3 unspecified atom stereocenters.